The van der Waals surface area contributed by atoms with Gasteiger partial charge in [0.05, 0.1) is 51.3 Å². The Morgan fingerprint density at radius 3 is 1.94 bits per heavy atom. The van der Waals surface area contributed by atoms with Gasteiger partial charge in [-0.3, -0.25) is 15.0 Å². The highest BCUT2D eigenvalue weighted by Crippen LogP contribution is 2.44. The first-order valence-corrected chi connectivity index (χ1v) is 11.4. The Hall–Kier alpha value is -2.56. The van der Waals surface area contributed by atoms with Crippen LogP contribution in [0.3, 0.4) is 0 Å². The maximum atomic E-state index is 10.3. The lowest BCUT2D eigenvalue weighted by molar-refractivity contribution is 0.279. The van der Waals surface area contributed by atoms with Crippen LogP contribution in [0.15, 0.2) is 37.1 Å². The molecule has 0 saturated heterocycles. The van der Waals surface area contributed by atoms with Gasteiger partial charge in [-0.25, -0.2) is 0 Å². The zero-order valence-corrected chi connectivity index (χ0v) is 20.3. The van der Waals surface area contributed by atoms with Gasteiger partial charge in [-0.2, -0.15) is 5.26 Å². The second kappa shape index (κ2) is 10.1. The van der Waals surface area contributed by atoms with E-state index in [4.69, 9.17) is 55.9 Å². The topological polar surface area (TPSA) is 80.9 Å². The molecule has 0 N–H and O–H groups in total. The smallest absolute Gasteiger partial charge is 0.179 e. The van der Waals surface area contributed by atoms with Crippen molar-refractivity contribution in [1.82, 2.24) is 15.0 Å². The first-order valence-electron chi connectivity index (χ1n) is 9.84. The van der Waals surface area contributed by atoms with Crippen LogP contribution < -0.4 is 9.47 Å². The predicted octanol–water partition coefficient (Wildman–Crippen LogP) is 6.77. The van der Waals surface area contributed by atoms with Gasteiger partial charge in [0.25, 0.3) is 0 Å². The number of halogens is 4. The SMILES string of the molecule is COc1cnc(C(C#N)=C(c2c(Cl)cncc2Cl)c2c(Cl)cncc2Cl)cc1OCC1CC1. The lowest BCUT2D eigenvalue weighted by Crippen LogP contribution is -2.04. The molecule has 0 radical (unpaired) electrons. The molecule has 1 aliphatic rings. The van der Waals surface area contributed by atoms with Crippen LogP contribution in [-0.2, 0) is 0 Å². The summed E-state index contributed by atoms with van der Waals surface area (Å²) in [5.41, 5.74) is 1.44. The summed E-state index contributed by atoms with van der Waals surface area (Å²) in [4.78, 5) is 12.4. The fourth-order valence-corrected chi connectivity index (χ4v) is 4.34. The molecule has 1 saturated carbocycles. The summed E-state index contributed by atoms with van der Waals surface area (Å²) >= 11 is 25.9. The standard InChI is InChI=1S/C23H16Cl4N4O2/c1-32-20-10-31-18(4-19(20)33-11-12-2-3-12)13(5-28)21(22-14(24)6-29-7-15(22)25)23-16(26)8-30-9-17(23)27/h4,6-10,12H,2-3,11H2,1H3. The highest BCUT2D eigenvalue weighted by Gasteiger charge is 2.26. The average molecular weight is 522 g/mol. The molecule has 4 rings (SSSR count). The lowest BCUT2D eigenvalue weighted by Gasteiger charge is -2.17. The van der Waals surface area contributed by atoms with E-state index in [1.165, 1.54) is 38.1 Å². The predicted molar refractivity (Wildman–Crippen MR) is 129 cm³/mol. The van der Waals surface area contributed by atoms with Crippen molar-refractivity contribution < 1.29 is 9.47 Å². The van der Waals surface area contributed by atoms with E-state index in [1.807, 2.05) is 0 Å². The molecule has 3 heterocycles. The highest BCUT2D eigenvalue weighted by atomic mass is 35.5. The van der Waals surface area contributed by atoms with Gasteiger partial charge in [0.2, 0.25) is 0 Å². The summed E-state index contributed by atoms with van der Waals surface area (Å²) in [6.45, 7) is 0.558. The van der Waals surface area contributed by atoms with Crippen molar-refractivity contribution in [1.29, 1.82) is 5.26 Å². The molecule has 6 nitrogen and oxygen atoms in total. The average Bonchev–Trinajstić information content (AvgIpc) is 3.62. The van der Waals surface area contributed by atoms with Crippen LogP contribution >= 0.6 is 46.4 Å². The van der Waals surface area contributed by atoms with E-state index in [0.717, 1.165) is 12.8 Å². The molecule has 0 bridgehead atoms. The van der Waals surface area contributed by atoms with Gasteiger partial charge in [0, 0.05) is 47.6 Å². The van der Waals surface area contributed by atoms with E-state index >= 15 is 0 Å². The molecule has 0 spiro atoms. The molecular formula is C23H16Cl4N4O2. The van der Waals surface area contributed by atoms with Crippen LogP contribution in [0.25, 0.3) is 11.1 Å². The molecule has 3 aromatic heterocycles. The molecular weight excluding hydrogens is 506 g/mol. The summed E-state index contributed by atoms with van der Waals surface area (Å²) in [6, 6.07) is 3.86. The monoisotopic (exact) mass is 520 g/mol. The molecule has 10 heteroatoms. The Morgan fingerprint density at radius 1 is 0.939 bits per heavy atom. The number of hydrogen-bond donors (Lipinski definition) is 0. The van der Waals surface area contributed by atoms with Crippen molar-refractivity contribution in [2.45, 2.75) is 12.8 Å². The van der Waals surface area contributed by atoms with Crippen LogP contribution in [-0.4, -0.2) is 28.7 Å². The third-order valence-corrected chi connectivity index (χ3v) is 6.19. The van der Waals surface area contributed by atoms with E-state index in [2.05, 4.69) is 21.0 Å². The van der Waals surface area contributed by atoms with Crippen LogP contribution in [0, 0.1) is 17.2 Å². The number of allylic oxidation sites excluding steroid dienone is 1. The van der Waals surface area contributed by atoms with Crippen molar-refractivity contribution in [3.8, 4) is 17.6 Å². The second-order valence-electron chi connectivity index (χ2n) is 7.29. The Kier molecular flexibility index (Phi) is 7.26. The molecule has 0 unspecified atom stereocenters. The quantitative estimate of drug-likeness (QED) is 0.319. The minimum absolute atomic E-state index is 0.138. The van der Waals surface area contributed by atoms with E-state index in [-0.39, 0.29) is 25.7 Å². The number of ether oxygens (including phenoxy) is 2. The van der Waals surface area contributed by atoms with Crippen molar-refractivity contribution in [3.05, 3.63) is 74.0 Å². The number of nitrogens with zero attached hydrogens (tertiary/aromatic N) is 4. The number of nitriles is 1. The summed E-state index contributed by atoms with van der Waals surface area (Å²) in [6.07, 6.45) is 9.45. The first-order chi connectivity index (χ1) is 15.9. The van der Waals surface area contributed by atoms with Gasteiger partial charge in [-0.1, -0.05) is 46.4 Å². The molecule has 1 aliphatic carbocycles. The largest absolute Gasteiger partial charge is 0.491 e. The lowest BCUT2D eigenvalue weighted by atomic mass is 9.92. The number of aromatic nitrogens is 3. The van der Waals surface area contributed by atoms with Crippen molar-refractivity contribution in [2.75, 3.05) is 13.7 Å². The van der Waals surface area contributed by atoms with Crippen LogP contribution in [0.1, 0.15) is 29.7 Å². The summed E-state index contributed by atoms with van der Waals surface area (Å²) in [5.74, 6) is 1.45. The minimum Gasteiger partial charge on any atom is -0.491 e. The zero-order chi connectivity index (χ0) is 23.5. The second-order valence-corrected chi connectivity index (χ2v) is 8.92. The zero-order valence-electron chi connectivity index (χ0n) is 17.3. The van der Waals surface area contributed by atoms with Crippen molar-refractivity contribution in [2.24, 2.45) is 5.92 Å². The van der Waals surface area contributed by atoms with Gasteiger partial charge in [-0.15, -0.1) is 0 Å². The molecule has 0 atom stereocenters. The number of rotatable bonds is 7. The molecule has 1 fully saturated rings. The summed E-state index contributed by atoms with van der Waals surface area (Å²) in [7, 11) is 1.53. The Morgan fingerprint density at radius 2 is 1.48 bits per heavy atom. The molecule has 0 amide bonds. The van der Waals surface area contributed by atoms with Gasteiger partial charge >= 0.3 is 0 Å². The van der Waals surface area contributed by atoms with Gasteiger partial charge in [-0.05, 0) is 18.8 Å². The Labute approximate surface area is 210 Å². The third kappa shape index (κ3) is 5.02. The summed E-state index contributed by atoms with van der Waals surface area (Å²) < 4.78 is 11.3. The maximum Gasteiger partial charge on any atom is 0.179 e. The molecule has 168 valence electrons. The number of hydrogen-bond acceptors (Lipinski definition) is 6. The third-order valence-electron chi connectivity index (χ3n) is 5.05. The molecule has 33 heavy (non-hydrogen) atoms. The summed E-state index contributed by atoms with van der Waals surface area (Å²) in [5, 5.41) is 11.1. The number of methoxy groups -OCH3 is 1. The van der Waals surface area contributed by atoms with Crippen molar-refractivity contribution >= 4 is 57.5 Å². The van der Waals surface area contributed by atoms with Crippen LogP contribution in [0.5, 0.6) is 11.5 Å². The highest BCUT2D eigenvalue weighted by molar-refractivity contribution is 6.41. The molecule has 0 aliphatic heterocycles. The number of pyridine rings is 3. The van der Waals surface area contributed by atoms with Gasteiger partial charge in [0.1, 0.15) is 6.07 Å². The Balaban J connectivity index is 1.99. The minimum atomic E-state index is 0.138. The van der Waals surface area contributed by atoms with Gasteiger partial charge in [0.15, 0.2) is 11.5 Å². The van der Waals surface area contributed by atoms with Crippen LogP contribution in [0.2, 0.25) is 20.1 Å². The van der Waals surface area contributed by atoms with E-state index in [0.29, 0.717) is 46.4 Å². The Bertz CT molecular complexity index is 1190. The maximum absolute atomic E-state index is 10.3. The fourth-order valence-electron chi connectivity index (χ4n) is 3.24. The molecule has 0 aromatic carbocycles. The first kappa shape index (κ1) is 23.6. The fraction of sp³-hybridized carbons (Fsp3) is 0.217. The van der Waals surface area contributed by atoms with Crippen molar-refractivity contribution in [3.63, 3.8) is 0 Å². The van der Waals surface area contributed by atoms with Crippen LogP contribution in [0.4, 0.5) is 0 Å². The van der Waals surface area contributed by atoms with E-state index < -0.39 is 0 Å². The molecule has 3 aromatic rings. The van der Waals surface area contributed by atoms with Gasteiger partial charge < -0.3 is 9.47 Å². The normalized spacial score (nSPS) is 12.7. The van der Waals surface area contributed by atoms with E-state index in [1.54, 1.807) is 6.07 Å². The van der Waals surface area contributed by atoms with E-state index in [9.17, 15) is 5.26 Å².